The topological polar surface area (TPSA) is 80.0 Å². The number of carbonyl (C=O) groups is 1. The van der Waals surface area contributed by atoms with Crippen LogP contribution in [0.2, 0.25) is 0 Å². The molecule has 1 fully saturated rings. The van der Waals surface area contributed by atoms with Gasteiger partial charge in [0.15, 0.2) is 0 Å². The predicted molar refractivity (Wildman–Crippen MR) is 78.1 cm³/mol. The van der Waals surface area contributed by atoms with Gasteiger partial charge in [-0.1, -0.05) is 22.3 Å². The van der Waals surface area contributed by atoms with Crippen molar-refractivity contribution in [2.75, 3.05) is 11.9 Å². The summed E-state index contributed by atoms with van der Waals surface area (Å²) in [7, 11) is 0. The average molecular weight is 286 g/mol. The monoisotopic (exact) mass is 286 g/mol. The molecule has 110 valence electrons. The number of rotatable bonds is 3. The van der Waals surface area contributed by atoms with E-state index < -0.39 is 0 Å². The van der Waals surface area contributed by atoms with E-state index in [2.05, 4.69) is 20.8 Å². The number of aromatic nitrogens is 2. The quantitative estimate of drug-likeness (QED) is 0.905. The summed E-state index contributed by atoms with van der Waals surface area (Å²) < 4.78 is 5.50. The lowest BCUT2D eigenvalue weighted by Gasteiger charge is -2.04. The summed E-state index contributed by atoms with van der Waals surface area (Å²) in [6.45, 7) is 4.87. The summed E-state index contributed by atoms with van der Waals surface area (Å²) in [6.07, 6.45) is 2.07. The first-order valence-electron chi connectivity index (χ1n) is 7.08. The highest BCUT2D eigenvalue weighted by molar-refractivity contribution is 6.03. The molecule has 0 aliphatic carbocycles. The zero-order valence-electron chi connectivity index (χ0n) is 12.1. The molecule has 1 aliphatic heterocycles. The summed E-state index contributed by atoms with van der Waals surface area (Å²) in [5.74, 6) is 0.291. The van der Waals surface area contributed by atoms with Gasteiger partial charge in [-0.05, 0) is 45.4 Å². The molecule has 0 bridgehead atoms. The first-order chi connectivity index (χ1) is 10.1. The van der Waals surface area contributed by atoms with Gasteiger partial charge in [0.05, 0.1) is 6.04 Å². The Hall–Kier alpha value is -2.21. The van der Waals surface area contributed by atoms with Crippen molar-refractivity contribution in [1.82, 2.24) is 15.5 Å². The van der Waals surface area contributed by atoms with Gasteiger partial charge in [-0.25, -0.2) is 0 Å². The molecule has 0 saturated carbocycles. The Bertz CT molecular complexity index is 639. The summed E-state index contributed by atoms with van der Waals surface area (Å²) >= 11 is 0. The van der Waals surface area contributed by atoms with Crippen molar-refractivity contribution in [1.29, 1.82) is 0 Å². The van der Waals surface area contributed by atoms with Crippen molar-refractivity contribution < 1.29 is 9.21 Å². The number of anilines is 1. The van der Waals surface area contributed by atoms with Crippen molar-refractivity contribution >= 4 is 11.9 Å². The molecule has 0 spiro atoms. The Morgan fingerprint density at radius 1 is 1.29 bits per heavy atom. The maximum atomic E-state index is 12.2. The van der Waals surface area contributed by atoms with E-state index in [1.807, 2.05) is 32.0 Å². The number of benzene rings is 1. The highest BCUT2D eigenvalue weighted by Crippen LogP contribution is 2.23. The lowest BCUT2D eigenvalue weighted by Crippen LogP contribution is -2.13. The zero-order chi connectivity index (χ0) is 14.8. The van der Waals surface area contributed by atoms with Crippen LogP contribution in [0.15, 0.2) is 22.6 Å². The van der Waals surface area contributed by atoms with E-state index >= 15 is 0 Å². The third-order valence-electron chi connectivity index (χ3n) is 3.50. The van der Waals surface area contributed by atoms with Gasteiger partial charge in [0, 0.05) is 5.56 Å². The Morgan fingerprint density at radius 2 is 2.05 bits per heavy atom. The predicted octanol–water partition coefficient (Wildman–Crippen LogP) is 2.36. The number of nitrogens with one attached hydrogen (secondary N) is 2. The lowest BCUT2D eigenvalue weighted by molar-refractivity contribution is 0.102. The zero-order valence-corrected chi connectivity index (χ0v) is 12.1. The van der Waals surface area contributed by atoms with Gasteiger partial charge < -0.3 is 9.73 Å². The third kappa shape index (κ3) is 3.11. The number of nitrogens with zero attached hydrogens (tertiary/aromatic N) is 2. The second-order valence-corrected chi connectivity index (χ2v) is 5.42. The van der Waals surface area contributed by atoms with Crippen LogP contribution in [0.1, 0.15) is 46.3 Å². The molecule has 3 rings (SSSR count). The van der Waals surface area contributed by atoms with Gasteiger partial charge >= 0.3 is 6.01 Å². The van der Waals surface area contributed by atoms with Crippen LogP contribution < -0.4 is 10.6 Å². The summed E-state index contributed by atoms with van der Waals surface area (Å²) in [6, 6.07) is 5.93. The average Bonchev–Trinajstić information content (AvgIpc) is 3.07. The third-order valence-corrected chi connectivity index (χ3v) is 3.50. The van der Waals surface area contributed by atoms with E-state index in [0.717, 1.165) is 30.5 Å². The van der Waals surface area contributed by atoms with E-state index in [1.54, 1.807) is 0 Å². The van der Waals surface area contributed by atoms with Crippen molar-refractivity contribution in [3.8, 4) is 0 Å². The molecule has 1 unspecified atom stereocenters. The smallest absolute Gasteiger partial charge is 0.322 e. The SMILES string of the molecule is Cc1cc(C)cc(C(=O)Nc2nnc(C3CCCN3)o2)c1. The molecule has 21 heavy (non-hydrogen) atoms. The maximum Gasteiger partial charge on any atom is 0.322 e. The van der Waals surface area contributed by atoms with Gasteiger partial charge in [-0.3, -0.25) is 10.1 Å². The van der Waals surface area contributed by atoms with Gasteiger partial charge in [0.25, 0.3) is 5.91 Å². The molecule has 1 amide bonds. The second-order valence-electron chi connectivity index (χ2n) is 5.42. The fourth-order valence-corrected chi connectivity index (χ4v) is 2.60. The van der Waals surface area contributed by atoms with Crippen LogP contribution in [0.3, 0.4) is 0 Å². The first kappa shape index (κ1) is 13.8. The largest absolute Gasteiger partial charge is 0.406 e. The molecule has 1 aromatic carbocycles. The Kier molecular flexibility index (Phi) is 3.70. The number of amides is 1. The summed E-state index contributed by atoms with van der Waals surface area (Å²) in [5, 5.41) is 13.8. The fraction of sp³-hybridized carbons (Fsp3) is 0.400. The fourth-order valence-electron chi connectivity index (χ4n) is 2.60. The molecule has 6 heteroatoms. The van der Waals surface area contributed by atoms with Crippen LogP contribution in [-0.4, -0.2) is 22.6 Å². The minimum atomic E-state index is -0.239. The standard InChI is InChI=1S/C15H18N4O2/c1-9-6-10(2)8-11(7-9)13(20)17-15-19-18-14(21-15)12-4-3-5-16-12/h6-8,12,16H,3-5H2,1-2H3,(H,17,19,20). The number of hydrogen-bond acceptors (Lipinski definition) is 5. The van der Waals surface area contributed by atoms with Crippen LogP contribution in [-0.2, 0) is 0 Å². The van der Waals surface area contributed by atoms with Gasteiger partial charge in [-0.15, -0.1) is 5.10 Å². The molecular formula is C15H18N4O2. The minimum Gasteiger partial charge on any atom is -0.406 e. The molecule has 6 nitrogen and oxygen atoms in total. The number of carbonyl (C=O) groups excluding carboxylic acids is 1. The molecule has 1 atom stereocenters. The molecular weight excluding hydrogens is 268 g/mol. The van der Waals surface area contributed by atoms with E-state index in [9.17, 15) is 4.79 Å². The van der Waals surface area contributed by atoms with E-state index in [-0.39, 0.29) is 18.0 Å². The summed E-state index contributed by atoms with van der Waals surface area (Å²) in [5.41, 5.74) is 2.68. The van der Waals surface area contributed by atoms with Crippen LogP contribution in [0.25, 0.3) is 0 Å². The highest BCUT2D eigenvalue weighted by atomic mass is 16.4. The van der Waals surface area contributed by atoms with Crippen LogP contribution in [0.5, 0.6) is 0 Å². The van der Waals surface area contributed by atoms with Gasteiger partial charge in [0.1, 0.15) is 0 Å². The van der Waals surface area contributed by atoms with Gasteiger partial charge in [0.2, 0.25) is 5.89 Å². The van der Waals surface area contributed by atoms with Crippen LogP contribution >= 0.6 is 0 Å². The first-order valence-corrected chi connectivity index (χ1v) is 7.08. The molecule has 0 radical (unpaired) electrons. The molecule has 1 saturated heterocycles. The Labute approximate surface area is 123 Å². The normalized spacial score (nSPS) is 17.9. The molecule has 2 aromatic rings. The Morgan fingerprint density at radius 3 is 2.71 bits per heavy atom. The highest BCUT2D eigenvalue weighted by Gasteiger charge is 2.22. The maximum absolute atomic E-state index is 12.2. The number of aryl methyl sites for hydroxylation is 2. The van der Waals surface area contributed by atoms with Crippen molar-refractivity contribution in [2.45, 2.75) is 32.7 Å². The summed E-state index contributed by atoms with van der Waals surface area (Å²) in [4.78, 5) is 12.2. The van der Waals surface area contributed by atoms with Gasteiger partial charge in [-0.2, -0.15) is 0 Å². The molecule has 1 aromatic heterocycles. The minimum absolute atomic E-state index is 0.101. The molecule has 2 heterocycles. The van der Waals surface area contributed by atoms with E-state index in [0.29, 0.717) is 11.5 Å². The van der Waals surface area contributed by atoms with Crippen LogP contribution in [0, 0.1) is 13.8 Å². The van der Waals surface area contributed by atoms with Crippen molar-refractivity contribution in [3.05, 3.63) is 40.8 Å². The number of hydrogen-bond donors (Lipinski definition) is 2. The lowest BCUT2D eigenvalue weighted by atomic mass is 10.1. The second kappa shape index (κ2) is 5.65. The molecule has 1 aliphatic rings. The van der Waals surface area contributed by atoms with Crippen molar-refractivity contribution in [3.63, 3.8) is 0 Å². The van der Waals surface area contributed by atoms with E-state index in [1.165, 1.54) is 0 Å². The Balaban J connectivity index is 1.72. The van der Waals surface area contributed by atoms with Crippen molar-refractivity contribution in [2.24, 2.45) is 0 Å². The van der Waals surface area contributed by atoms with Crippen LogP contribution in [0.4, 0.5) is 6.01 Å². The van der Waals surface area contributed by atoms with E-state index in [4.69, 9.17) is 4.42 Å². The molecule has 2 N–H and O–H groups in total.